The minimum Gasteiger partial charge on any atom is -0.275 e. The molecule has 0 saturated heterocycles. The molecule has 2 aromatic heterocycles. The van der Waals surface area contributed by atoms with Crippen molar-refractivity contribution in [1.29, 1.82) is 0 Å². The SMILES string of the molecule is Cn1cc2cnc(C(C)(C)C)cc2n1. The normalized spacial score (nSPS) is 12.3. The Morgan fingerprint density at radius 2 is 2.00 bits per heavy atom. The Kier molecular flexibility index (Phi) is 1.84. The summed E-state index contributed by atoms with van der Waals surface area (Å²) < 4.78 is 1.82. The van der Waals surface area contributed by atoms with E-state index in [0.717, 1.165) is 16.6 Å². The Balaban J connectivity index is 2.62. The Morgan fingerprint density at radius 1 is 1.29 bits per heavy atom. The van der Waals surface area contributed by atoms with Crippen LogP contribution in [0.3, 0.4) is 0 Å². The van der Waals surface area contributed by atoms with Crippen molar-refractivity contribution >= 4 is 10.9 Å². The molecular weight excluding hydrogens is 174 g/mol. The summed E-state index contributed by atoms with van der Waals surface area (Å²) in [5, 5.41) is 5.46. The van der Waals surface area contributed by atoms with E-state index < -0.39 is 0 Å². The number of aromatic nitrogens is 3. The van der Waals surface area contributed by atoms with Gasteiger partial charge in [0.25, 0.3) is 0 Å². The molecule has 0 aliphatic carbocycles. The lowest BCUT2D eigenvalue weighted by Gasteiger charge is -2.16. The van der Waals surface area contributed by atoms with E-state index in [9.17, 15) is 0 Å². The van der Waals surface area contributed by atoms with E-state index in [1.807, 2.05) is 24.1 Å². The zero-order chi connectivity index (χ0) is 10.3. The summed E-state index contributed by atoms with van der Waals surface area (Å²) in [4.78, 5) is 4.44. The van der Waals surface area contributed by atoms with Gasteiger partial charge in [0, 0.05) is 35.9 Å². The molecule has 0 aliphatic rings. The van der Waals surface area contributed by atoms with Crippen LogP contribution in [0.4, 0.5) is 0 Å². The molecule has 2 aromatic rings. The maximum atomic E-state index is 4.44. The molecule has 0 N–H and O–H groups in total. The standard InChI is InChI=1S/C11H15N3/c1-11(2,3)10-5-9-8(6-12-10)7-14(4)13-9/h5-7H,1-4H3. The Morgan fingerprint density at radius 3 is 2.64 bits per heavy atom. The van der Waals surface area contributed by atoms with Crippen molar-refractivity contribution in [2.75, 3.05) is 0 Å². The highest BCUT2D eigenvalue weighted by Gasteiger charge is 2.16. The van der Waals surface area contributed by atoms with Crippen LogP contribution in [-0.2, 0) is 12.5 Å². The molecule has 74 valence electrons. The third kappa shape index (κ3) is 1.50. The summed E-state index contributed by atoms with van der Waals surface area (Å²) in [5.74, 6) is 0. The lowest BCUT2D eigenvalue weighted by molar-refractivity contribution is 0.570. The van der Waals surface area contributed by atoms with Gasteiger partial charge in [-0.25, -0.2) is 0 Å². The number of hydrogen-bond donors (Lipinski definition) is 0. The number of rotatable bonds is 0. The highest BCUT2D eigenvalue weighted by molar-refractivity contribution is 5.77. The maximum absolute atomic E-state index is 4.44. The summed E-state index contributed by atoms with van der Waals surface area (Å²) in [5.41, 5.74) is 2.20. The van der Waals surface area contributed by atoms with Crippen LogP contribution >= 0.6 is 0 Å². The molecule has 2 heterocycles. The van der Waals surface area contributed by atoms with Gasteiger partial charge in [0.15, 0.2) is 0 Å². The second-order valence-electron chi connectivity index (χ2n) is 4.68. The molecule has 0 aliphatic heterocycles. The Hall–Kier alpha value is -1.38. The van der Waals surface area contributed by atoms with Crippen LogP contribution in [0.25, 0.3) is 10.9 Å². The highest BCUT2D eigenvalue weighted by Crippen LogP contribution is 2.22. The molecule has 0 unspecified atom stereocenters. The van der Waals surface area contributed by atoms with E-state index in [-0.39, 0.29) is 5.41 Å². The molecule has 0 aromatic carbocycles. The molecule has 0 bridgehead atoms. The Labute approximate surface area is 83.8 Å². The average Bonchev–Trinajstić information content (AvgIpc) is 2.41. The van der Waals surface area contributed by atoms with Gasteiger partial charge in [0.05, 0.1) is 5.52 Å². The Bertz CT molecular complexity index is 463. The van der Waals surface area contributed by atoms with Gasteiger partial charge >= 0.3 is 0 Å². The first-order valence-electron chi connectivity index (χ1n) is 4.77. The molecule has 0 amide bonds. The fourth-order valence-electron chi connectivity index (χ4n) is 1.45. The van der Waals surface area contributed by atoms with Gasteiger partial charge in [-0.3, -0.25) is 9.67 Å². The molecule has 0 spiro atoms. The first-order chi connectivity index (χ1) is 6.47. The number of fused-ring (bicyclic) bond motifs is 1. The summed E-state index contributed by atoms with van der Waals surface area (Å²) in [6, 6.07) is 2.06. The number of aryl methyl sites for hydroxylation is 1. The minimum atomic E-state index is 0.0890. The zero-order valence-corrected chi connectivity index (χ0v) is 9.07. The largest absolute Gasteiger partial charge is 0.275 e. The zero-order valence-electron chi connectivity index (χ0n) is 9.07. The molecule has 0 atom stereocenters. The minimum absolute atomic E-state index is 0.0890. The van der Waals surface area contributed by atoms with Gasteiger partial charge in [-0.2, -0.15) is 5.10 Å². The number of pyridine rings is 1. The van der Waals surface area contributed by atoms with Crippen molar-refractivity contribution in [1.82, 2.24) is 14.8 Å². The topological polar surface area (TPSA) is 30.7 Å². The number of nitrogens with zero attached hydrogens (tertiary/aromatic N) is 3. The van der Waals surface area contributed by atoms with E-state index in [1.165, 1.54) is 0 Å². The van der Waals surface area contributed by atoms with Crippen molar-refractivity contribution in [2.24, 2.45) is 7.05 Å². The van der Waals surface area contributed by atoms with Gasteiger partial charge < -0.3 is 0 Å². The van der Waals surface area contributed by atoms with Crippen LogP contribution in [0, 0.1) is 0 Å². The van der Waals surface area contributed by atoms with Crippen molar-refractivity contribution in [3.8, 4) is 0 Å². The summed E-state index contributed by atoms with van der Waals surface area (Å²) in [7, 11) is 1.93. The quantitative estimate of drug-likeness (QED) is 0.636. The third-order valence-corrected chi connectivity index (χ3v) is 2.27. The fourth-order valence-corrected chi connectivity index (χ4v) is 1.45. The summed E-state index contributed by atoms with van der Waals surface area (Å²) >= 11 is 0. The maximum Gasteiger partial charge on any atom is 0.0957 e. The molecule has 0 saturated carbocycles. The first-order valence-corrected chi connectivity index (χ1v) is 4.77. The highest BCUT2D eigenvalue weighted by atomic mass is 15.2. The first kappa shape index (κ1) is 9.19. The lowest BCUT2D eigenvalue weighted by atomic mass is 9.91. The average molecular weight is 189 g/mol. The van der Waals surface area contributed by atoms with Crippen LogP contribution in [0.5, 0.6) is 0 Å². The smallest absolute Gasteiger partial charge is 0.0957 e. The second kappa shape index (κ2) is 2.80. The van der Waals surface area contributed by atoms with Gasteiger partial charge in [-0.15, -0.1) is 0 Å². The van der Waals surface area contributed by atoms with Crippen molar-refractivity contribution in [2.45, 2.75) is 26.2 Å². The van der Waals surface area contributed by atoms with Gasteiger partial charge in [0.1, 0.15) is 0 Å². The molecule has 2 rings (SSSR count). The van der Waals surface area contributed by atoms with Crippen molar-refractivity contribution < 1.29 is 0 Å². The van der Waals surface area contributed by atoms with Gasteiger partial charge in [-0.1, -0.05) is 20.8 Å². The molecular formula is C11H15N3. The van der Waals surface area contributed by atoms with Crippen molar-refractivity contribution in [3.05, 3.63) is 24.2 Å². The molecule has 3 heteroatoms. The summed E-state index contributed by atoms with van der Waals surface area (Å²) in [6.45, 7) is 6.47. The predicted octanol–water partition coefficient (Wildman–Crippen LogP) is 2.27. The lowest BCUT2D eigenvalue weighted by Crippen LogP contribution is -2.12. The fraction of sp³-hybridized carbons (Fsp3) is 0.455. The van der Waals surface area contributed by atoms with Gasteiger partial charge in [-0.05, 0) is 6.07 Å². The van der Waals surface area contributed by atoms with Crippen LogP contribution in [0.2, 0.25) is 0 Å². The second-order valence-corrected chi connectivity index (χ2v) is 4.68. The van der Waals surface area contributed by atoms with Crippen LogP contribution < -0.4 is 0 Å². The predicted molar refractivity (Wildman–Crippen MR) is 57.2 cm³/mol. The molecule has 14 heavy (non-hydrogen) atoms. The summed E-state index contributed by atoms with van der Waals surface area (Å²) in [6.07, 6.45) is 3.87. The molecule has 0 fully saturated rings. The number of hydrogen-bond acceptors (Lipinski definition) is 2. The van der Waals surface area contributed by atoms with Crippen LogP contribution in [0.1, 0.15) is 26.5 Å². The molecule has 0 radical (unpaired) electrons. The van der Waals surface area contributed by atoms with E-state index >= 15 is 0 Å². The monoisotopic (exact) mass is 189 g/mol. The van der Waals surface area contributed by atoms with Crippen LogP contribution in [-0.4, -0.2) is 14.8 Å². The van der Waals surface area contributed by atoms with Gasteiger partial charge in [0.2, 0.25) is 0 Å². The molecule has 3 nitrogen and oxygen atoms in total. The van der Waals surface area contributed by atoms with E-state index in [0.29, 0.717) is 0 Å². The van der Waals surface area contributed by atoms with E-state index in [1.54, 1.807) is 0 Å². The van der Waals surface area contributed by atoms with E-state index in [4.69, 9.17) is 0 Å². The van der Waals surface area contributed by atoms with Crippen LogP contribution in [0.15, 0.2) is 18.5 Å². The van der Waals surface area contributed by atoms with E-state index in [2.05, 4.69) is 36.9 Å². The van der Waals surface area contributed by atoms with Crippen molar-refractivity contribution in [3.63, 3.8) is 0 Å². The third-order valence-electron chi connectivity index (χ3n) is 2.27.